The van der Waals surface area contributed by atoms with Crippen LogP contribution in [0.3, 0.4) is 0 Å². The summed E-state index contributed by atoms with van der Waals surface area (Å²) in [7, 11) is 0. The summed E-state index contributed by atoms with van der Waals surface area (Å²) in [5, 5.41) is 14.3. The van der Waals surface area contributed by atoms with E-state index >= 15 is 0 Å². The third-order valence-electron chi connectivity index (χ3n) is 2.37. The first-order valence-corrected chi connectivity index (χ1v) is 4.79. The highest BCUT2D eigenvalue weighted by Gasteiger charge is 2.15. The molecule has 0 saturated carbocycles. The van der Waals surface area contributed by atoms with Crippen LogP contribution >= 0.6 is 0 Å². The molecule has 0 spiro atoms. The van der Waals surface area contributed by atoms with Crippen LogP contribution in [0.25, 0.3) is 0 Å². The summed E-state index contributed by atoms with van der Waals surface area (Å²) >= 11 is 0. The van der Waals surface area contributed by atoms with Crippen LogP contribution in [-0.4, -0.2) is 49.5 Å². The molecule has 1 fully saturated rings. The van der Waals surface area contributed by atoms with Crippen LogP contribution in [-0.2, 0) is 9.90 Å². The molecular formula is C9H17N2O2. The minimum Gasteiger partial charge on any atom is -0.314 e. The van der Waals surface area contributed by atoms with Crippen LogP contribution in [0.5, 0.6) is 0 Å². The van der Waals surface area contributed by atoms with Gasteiger partial charge in [-0.15, -0.1) is 0 Å². The van der Waals surface area contributed by atoms with Gasteiger partial charge in [0.05, 0.1) is 0 Å². The fourth-order valence-corrected chi connectivity index (χ4v) is 1.44. The number of hydrogen-bond donors (Lipinski definition) is 1. The van der Waals surface area contributed by atoms with Gasteiger partial charge in [0.15, 0.2) is 11.9 Å². The van der Waals surface area contributed by atoms with Gasteiger partial charge < -0.3 is 10.2 Å². The van der Waals surface area contributed by atoms with Crippen molar-refractivity contribution in [2.75, 3.05) is 32.7 Å². The molecule has 0 aromatic rings. The summed E-state index contributed by atoms with van der Waals surface area (Å²) in [5.41, 5.74) is 0. The van der Waals surface area contributed by atoms with Crippen molar-refractivity contribution >= 4 is 5.78 Å². The van der Waals surface area contributed by atoms with Crippen molar-refractivity contribution in [3.05, 3.63) is 0 Å². The van der Waals surface area contributed by atoms with Gasteiger partial charge in [0.1, 0.15) is 0 Å². The zero-order valence-electron chi connectivity index (χ0n) is 8.08. The van der Waals surface area contributed by atoms with Crippen molar-refractivity contribution in [1.82, 2.24) is 10.2 Å². The molecule has 0 aromatic heterocycles. The Morgan fingerprint density at radius 1 is 1.46 bits per heavy atom. The normalized spacial score (nSPS) is 21.4. The monoisotopic (exact) mass is 185 g/mol. The maximum atomic E-state index is 11.1. The number of carbonyl (C=O) groups is 1. The second-order valence-electron chi connectivity index (χ2n) is 3.48. The van der Waals surface area contributed by atoms with Crippen molar-refractivity contribution in [1.29, 1.82) is 0 Å². The van der Waals surface area contributed by atoms with Crippen molar-refractivity contribution in [3.8, 4) is 0 Å². The van der Waals surface area contributed by atoms with Crippen LogP contribution in [0, 0.1) is 0 Å². The van der Waals surface area contributed by atoms with Crippen LogP contribution in [0.15, 0.2) is 0 Å². The highest BCUT2D eigenvalue weighted by atomic mass is 16.3. The van der Waals surface area contributed by atoms with E-state index in [9.17, 15) is 9.90 Å². The summed E-state index contributed by atoms with van der Waals surface area (Å²) in [5.74, 6) is -0.241. The Bertz CT molecular complexity index is 167. The minimum absolute atomic E-state index is 0.241. The Kier molecular flexibility index (Phi) is 4.35. The van der Waals surface area contributed by atoms with Crippen LogP contribution in [0.2, 0.25) is 0 Å². The molecule has 1 heterocycles. The number of hydrogen-bond acceptors (Lipinski definition) is 3. The predicted molar refractivity (Wildman–Crippen MR) is 49.1 cm³/mol. The third kappa shape index (κ3) is 3.85. The van der Waals surface area contributed by atoms with E-state index in [0.29, 0.717) is 6.42 Å². The van der Waals surface area contributed by atoms with E-state index in [2.05, 4.69) is 10.2 Å². The average molecular weight is 185 g/mol. The first-order chi connectivity index (χ1) is 6.20. The molecule has 4 nitrogen and oxygen atoms in total. The van der Waals surface area contributed by atoms with Crippen molar-refractivity contribution < 1.29 is 9.90 Å². The Hall–Kier alpha value is -0.450. The van der Waals surface area contributed by atoms with Crippen molar-refractivity contribution in [3.63, 3.8) is 0 Å². The molecule has 75 valence electrons. The first kappa shape index (κ1) is 10.6. The lowest BCUT2D eigenvalue weighted by molar-refractivity contribution is -0.128. The SMILES string of the molecule is CC(=O)C([O])CCN1CCNCC1. The summed E-state index contributed by atoms with van der Waals surface area (Å²) in [6.07, 6.45) is -0.565. The Labute approximate surface area is 78.9 Å². The smallest absolute Gasteiger partial charge is 0.161 e. The summed E-state index contributed by atoms with van der Waals surface area (Å²) in [6, 6.07) is 0. The van der Waals surface area contributed by atoms with E-state index in [4.69, 9.17) is 0 Å². The van der Waals surface area contributed by atoms with Crippen LogP contribution in [0.4, 0.5) is 0 Å². The molecule has 4 heteroatoms. The lowest BCUT2D eigenvalue weighted by Crippen LogP contribution is -2.44. The average Bonchev–Trinajstić information content (AvgIpc) is 2.15. The van der Waals surface area contributed by atoms with E-state index in [1.807, 2.05) is 0 Å². The van der Waals surface area contributed by atoms with Gasteiger partial charge in [0, 0.05) is 32.7 Å². The molecule has 1 aliphatic heterocycles. The van der Waals surface area contributed by atoms with Crippen LogP contribution < -0.4 is 5.32 Å². The maximum absolute atomic E-state index is 11.1. The molecule has 13 heavy (non-hydrogen) atoms. The largest absolute Gasteiger partial charge is 0.314 e. The lowest BCUT2D eigenvalue weighted by atomic mass is 10.2. The first-order valence-electron chi connectivity index (χ1n) is 4.79. The molecule has 1 saturated heterocycles. The second-order valence-corrected chi connectivity index (χ2v) is 3.48. The van der Waals surface area contributed by atoms with E-state index in [1.54, 1.807) is 0 Å². The zero-order chi connectivity index (χ0) is 9.68. The van der Waals surface area contributed by atoms with Crippen molar-refractivity contribution in [2.24, 2.45) is 0 Å². The summed E-state index contributed by atoms with van der Waals surface area (Å²) in [6.45, 7) is 6.09. The molecule has 1 aliphatic rings. The Morgan fingerprint density at radius 2 is 2.08 bits per heavy atom. The van der Waals surface area contributed by atoms with Crippen LogP contribution in [0.1, 0.15) is 13.3 Å². The van der Waals surface area contributed by atoms with Gasteiger partial charge in [-0.25, -0.2) is 5.11 Å². The number of Topliss-reactive ketones (excluding diaryl/α,β-unsaturated/α-hetero) is 1. The van der Waals surface area contributed by atoms with Gasteiger partial charge in [-0.05, 0) is 13.3 Å². The third-order valence-corrected chi connectivity index (χ3v) is 2.37. The van der Waals surface area contributed by atoms with Gasteiger partial charge in [0.25, 0.3) is 0 Å². The molecule has 0 aliphatic carbocycles. The number of ketones is 1. The maximum Gasteiger partial charge on any atom is 0.161 e. The van der Waals surface area contributed by atoms with E-state index in [1.165, 1.54) is 6.92 Å². The standard InChI is InChI=1S/C9H17N2O2/c1-8(12)9(13)2-5-11-6-3-10-4-7-11/h9-10H,2-7H2,1H3. The minimum atomic E-state index is -1.02. The fraction of sp³-hybridized carbons (Fsp3) is 0.889. The van der Waals surface area contributed by atoms with Crippen molar-refractivity contribution in [2.45, 2.75) is 19.4 Å². The summed E-state index contributed by atoms with van der Waals surface area (Å²) < 4.78 is 0. The number of nitrogens with one attached hydrogen (secondary N) is 1. The van der Waals surface area contributed by atoms with Gasteiger partial charge >= 0.3 is 0 Å². The number of rotatable bonds is 4. The molecule has 0 aromatic carbocycles. The summed E-state index contributed by atoms with van der Waals surface area (Å²) in [4.78, 5) is 12.9. The number of carbonyl (C=O) groups excluding carboxylic acids is 1. The van der Waals surface area contributed by atoms with E-state index < -0.39 is 6.10 Å². The van der Waals surface area contributed by atoms with Gasteiger partial charge in [0.2, 0.25) is 0 Å². The Balaban J connectivity index is 2.13. The zero-order valence-corrected chi connectivity index (χ0v) is 8.08. The molecule has 0 bridgehead atoms. The Morgan fingerprint density at radius 3 is 2.62 bits per heavy atom. The number of piperazine rings is 1. The topological polar surface area (TPSA) is 52.2 Å². The molecular weight excluding hydrogens is 168 g/mol. The quantitative estimate of drug-likeness (QED) is 0.652. The highest BCUT2D eigenvalue weighted by Crippen LogP contribution is 1.99. The van der Waals surface area contributed by atoms with E-state index in [0.717, 1.165) is 32.7 Å². The number of nitrogens with zero attached hydrogens (tertiary/aromatic N) is 1. The predicted octanol–water partition coefficient (Wildman–Crippen LogP) is -0.330. The lowest BCUT2D eigenvalue weighted by Gasteiger charge is -2.27. The molecule has 1 radical (unpaired) electrons. The molecule has 0 amide bonds. The second kappa shape index (κ2) is 5.32. The van der Waals surface area contributed by atoms with Gasteiger partial charge in [-0.2, -0.15) is 0 Å². The molecule has 1 rings (SSSR count). The molecule has 1 atom stereocenters. The van der Waals surface area contributed by atoms with Gasteiger partial charge in [-0.1, -0.05) is 0 Å². The molecule has 1 N–H and O–H groups in total. The fourth-order valence-electron chi connectivity index (χ4n) is 1.44. The highest BCUT2D eigenvalue weighted by molar-refractivity contribution is 5.79. The molecule has 1 unspecified atom stereocenters. The van der Waals surface area contributed by atoms with E-state index in [-0.39, 0.29) is 5.78 Å². The van der Waals surface area contributed by atoms with Gasteiger partial charge in [-0.3, -0.25) is 4.79 Å².